The quantitative estimate of drug-likeness (QED) is 0.143. The van der Waals surface area contributed by atoms with Crippen molar-refractivity contribution >= 4 is 17.9 Å². The fraction of sp³-hybridized carbons (Fsp3) is 0.333. The molecule has 253 valence electrons. The van der Waals surface area contributed by atoms with Gasteiger partial charge >= 0.3 is 6.18 Å². The summed E-state index contributed by atoms with van der Waals surface area (Å²) in [6.07, 6.45) is -4.73. The van der Waals surface area contributed by atoms with Crippen molar-refractivity contribution in [3.63, 3.8) is 0 Å². The molecule has 0 unspecified atom stereocenters. The van der Waals surface area contributed by atoms with Crippen LogP contribution >= 0.6 is 0 Å². The Morgan fingerprint density at radius 2 is 1.43 bits per heavy atom. The zero-order valence-electron chi connectivity index (χ0n) is 27.2. The van der Waals surface area contributed by atoms with Crippen molar-refractivity contribution in [2.75, 3.05) is 27.3 Å². The fourth-order valence-electron chi connectivity index (χ4n) is 3.39. The number of hydrogen-bond donors (Lipinski definition) is 2. The maximum Gasteiger partial charge on any atom is 0.416 e. The Balaban J connectivity index is -0.00000103. The van der Waals surface area contributed by atoms with Crippen LogP contribution in [0.4, 0.5) is 22.0 Å². The maximum absolute atomic E-state index is 14.8. The molecule has 0 aliphatic rings. The number of likely N-dealkylation sites (N-methyl/N-ethyl adjacent to an activating group) is 1. The van der Waals surface area contributed by atoms with E-state index in [1.54, 1.807) is 0 Å². The number of aliphatic hydroxyl groups is 1. The predicted molar refractivity (Wildman–Crippen MR) is 168 cm³/mol. The first-order chi connectivity index (χ1) is 21.5. The molecule has 0 atom stereocenters. The van der Waals surface area contributed by atoms with E-state index in [2.05, 4.69) is 5.32 Å². The number of halogens is 5. The van der Waals surface area contributed by atoms with E-state index >= 15 is 0 Å². The third-order valence-electron chi connectivity index (χ3n) is 5.36. The second-order valence-electron chi connectivity index (χ2n) is 7.99. The number of rotatable bonds is 8. The Bertz CT molecular complexity index is 1270. The van der Waals surface area contributed by atoms with Crippen LogP contribution in [0, 0.1) is 11.6 Å². The number of nitrogens with zero attached hydrogens (tertiary/aromatic N) is 1. The summed E-state index contributed by atoms with van der Waals surface area (Å²) in [5, 5.41) is 9.99. The summed E-state index contributed by atoms with van der Waals surface area (Å²) in [6.45, 7) is 8.52. The summed E-state index contributed by atoms with van der Waals surface area (Å²) >= 11 is 0. The maximum atomic E-state index is 14.8. The number of methoxy groups -OCH3 is 1. The van der Waals surface area contributed by atoms with Gasteiger partial charge in [0, 0.05) is 56.3 Å². The minimum Gasteiger partial charge on any atom is -0.676 e. The first kappa shape index (κ1) is 47.0. The Labute approximate surface area is 287 Å². The van der Waals surface area contributed by atoms with E-state index in [0.29, 0.717) is 11.0 Å². The van der Waals surface area contributed by atoms with E-state index in [1.165, 1.54) is 39.3 Å². The molecule has 2 amide bonds. The van der Waals surface area contributed by atoms with Crippen LogP contribution in [0.5, 0.6) is 5.75 Å². The van der Waals surface area contributed by atoms with Gasteiger partial charge in [-0.3, -0.25) is 9.59 Å². The van der Waals surface area contributed by atoms with Crippen LogP contribution in [0.25, 0.3) is 11.3 Å². The summed E-state index contributed by atoms with van der Waals surface area (Å²) in [6, 6.07) is 18.4. The SMILES string of the molecule is CC.CC.CNC(=O)/C(=C(/C)N(C=O)Cc1c(F)cccc1C(F)(F)F)c1cccc(OC)c1F.[NH-]CCO.[Sc].c1ccccc1. The van der Waals surface area contributed by atoms with Crippen LogP contribution < -0.4 is 10.1 Å². The van der Waals surface area contributed by atoms with Crippen LogP contribution in [0.15, 0.2) is 78.5 Å². The average Bonchev–Trinajstić information content (AvgIpc) is 3.07. The molecule has 3 aromatic carbocycles. The summed E-state index contributed by atoms with van der Waals surface area (Å²) < 4.78 is 73.9. The van der Waals surface area contributed by atoms with E-state index in [4.69, 9.17) is 15.6 Å². The minimum absolute atomic E-state index is 0. The first-order valence-corrected chi connectivity index (χ1v) is 14.1. The van der Waals surface area contributed by atoms with Gasteiger partial charge in [0.05, 0.1) is 24.8 Å². The van der Waals surface area contributed by atoms with E-state index in [0.717, 1.165) is 12.1 Å². The van der Waals surface area contributed by atoms with Gasteiger partial charge in [0.25, 0.3) is 5.91 Å². The van der Waals surface area contributed by atoms with Crippen LogP contribution in [0.2, 0.25) is 0 Å². The van der Waals surface area contributed by atoms with Gasteiger partial charge < -0.3 is 25.8 Å². The smallest absolute Gasteiger partial charge is 0.416 e. The first-order valence-electron chi connectivity index (χ1n) is 14.1. The van der Waals surface area contributed by atoms with Gasteiger partial charge in [-0.05, 0) is 25.1 Å². The van der Waals surface area contributed by atoms with Crippen LogP contribution in [-0.2, 0) is 48.2 Å². The molecule has 0 bridgehead atoms. The minimum atomic E-state index is -4.87. The number of carbonyl (C=O) groups is 2. The zero-order chi connectivity index (χ0) is 35.0. The largest absolute Gasteiger partial charge is 0.676 e. The number of alkyl halides is 3. The molecule has 3 N–H and O–H groups in total. The molecule has 0 saturated carbocycles. The van der Waals surface area contributed by atoms with Gasteiger partial charge in [-0.1, -0.05) is 82.3 Å². The number of allylic oxidation sites excluding steroid dienone is 1. The van der Waals surface area contributed by atoms with Crippen molar-refractivity contribution in [3.05, 3.63) is 113 Å². The molecule has 46 heavy (non-hydrogen) atoms. The van der Waals surface area contributed by atoms with Crippen molar-refractivity contribution in [3.8, 4) is 5.75 Å². The zero-order valence-corrected chi connectivity index (χ0v) is 29.0. The van der Waals surface area contributed by atoms with Crippen molar-refractivity contribution < 1.29 is 67.2 Å². The Hall–Kier alpha value is -3.42. The molecule has 7 nitrogen and oxygen atoms in total. The topological polar surface area (TPSA) is 103 Å². The number of benzene rings is 3. The van der Waals surface area contributed by atoms with E-state index in [9.17, 15) is 31.5 Å². The molecule has 0 spiro atoms. The van der Waals surface area contributed by atoms with Gasteiger partial charge in [0.15, 0.2) is 11.6 Å². The van der Waals surface area contributed by atoms with Crippen molar-refractivity contribution in [2.45, 2.75) is 47.3 Å². The number of ether oxygens (including phenoxy) is 1. The third kappa shape index (κ3) is 15.7. The summed E-state index contributed by atoms with van der Waals surface area (Å²) in [5.74, 6) is -3.07. The number of carbonyl (C=O) groups excluding carboxylic acids is 2. The molecule has 0 saturated heterocycles. The van der Waals surface area contributed by atoms with Crippen LogP contribution in [0.3, 0.4) is 0 Å². The number of hydrogen-bond acceptors (Lipinski definition) is 4. The molecule has 0 aliphatic heterocycles. The normalized spacial score (nSPS) is 10.1. The molecule has 13 heteroatoms. The number of nitrogens with one attached hydrogen (secondary N) is 2. The van der Waals surface area contributed by atoms with Crippen LogP contribution in [0.1, 0.15) is 51.3 Å². The molecule has 1 radical (unpaired) electrons. The standard InChI is InChI=1S/C21H19F5N2O3.C6H6.C2H6NO.2C2H6.Sc/c1-12(18(20(30)27-2)13-6-4-9-17(31-3)19(13)23)28(11-29)10-14-15(21(24,25)26)7-5-8-16(14)22;1-2-4-6-5-3-1;3-1-2-4;2*1-2;/h4-9,11H,10H2,1-3H3,(H,27,30);1-6H;3-4H,1-2H2;2*1-2H3;/q;;-1;;;/b18-12-;;;;;. The number of aliphatic hydroxyl groups excluding tert-OH is 1. The predicted octanol–water partition coefficient (Wildman–Crippen LogP) is 7.90. The summed E-state index contributed by atoms with van der Waals surface area (Å²) in [7, 11) is 2.48. The monoisotopic (exact) mass is 685 g/mol. The van der Waals surface area contributed by atoms with Crippen LogP contribution in [-0.4, -0.2) is 49.6 Å². The average molecular weight is 686 g/mol. The van der Waals surface area contributed by atoms with Gasteiger partial charge in [0.2, 0.25) is 6.41 Å². The molecule has 0 heterocycles. The van der Waals surface area contributed by atoms with Crippen molar-refractivity contribution in [1.29, 1.82) is 0 Å². The Kier molecular flexibility index (Phi) is 27.3. The van der Waals surface area contributed by atoms with Gasteiger partial charge in [-0.25, -0.2) is 8.78 Å². The molecule has 0 aromatic heterocycles. The summed E-state index contributed by atoms with van der Waals surface area (Å²) in [5.41, 5.74) is 3.40. The third-order valence-corrected chi connectivity index (χ3v) is 5.36. The second-order valence-corrected chi connectivity index (χ2v) is 7.99. The molecular weight excluding hydrogens is 642 g/mol. The van der Waals surface area contributed by atoms with Gasteiger partial charge in [-0.2, -0.15) is 13.2 Å². The molecule has 3 rings (SSSR count). The van der Waals surface area contributed by atoms with E-state index in [-0.39, 0.29) is 68.0 Å². The van der Waals surface area contributed by atoms with Gasteiger partial charge in [-0.15, -0.1) is 6.54 Å². The second kappa shape index (κ2) is 26.8. The molecule has 0 fully saturated rings. The van der Waals surface area contributed by atoms with E-state index in [1.807, 2.05) is 64.1 Å². The molecule has 0 aliphatic carbocycles. The summed E-state index contributed by atoms with van der Waals surface area (Å²) in [4.78, 5) is 24.9. The Morgan fingerprint density at radius 3 is 1.83 bits per heavy atom. The Morgan fingerprint density at radius 1 is 0.957 bits per heavy atom. The van der Waals surface area contributed by atoms with Gasteiger partial charge in [0.1, 0.15) is 5.82 Å². The molecular formula is C33H43F5N3O4Sc-. The van der Waals surface area contributed by atoms with Crippen molar-refractivity contribution in [1.82, 2.24) is 10.2 Å². The molecule has 3 aromatic rings. The number of amides is 2. The van der Waals surface area contributed by atoms with Crippen molar-refractivity contribution in [2.24, 2.45) is 0 Å². The fourth-order valence-corrected chi connectivity index (χ4v) is 3.39. The van der Waals surface area contributed by atoms with E-state index < -0.39 is 41.4 Å².